The zero-order valence-corrected chi connectivity index (χ0v) is 15.4. The van der Waals surface area contributed by atoms with E-state index in [1.807, 2.05) is 30.3 Å². The first kappa shape index (κ1) is 17.6. The topological polar surface area (TPSA) is 55.6 Å². The standard InChI is InChI=1S/C19H27N5O2/c1-22-11-18(10-21-22)13-24-7-9-26-19(15-24)14-23(6-8-25-16-19)12-17-2-4-20-5-3-17/h2-5,10-11H,6-9,12-16H2,1H3. The fourth-order valence-electron chi connectivity index (χ4n) is 3.92. The predicted molar refractivity (Wildman–Crippen MR) is 97.5 cm³/mol. The van der Waals surface area contributed by atoms with Crippen molar-refractivity contribution in [1.82, 2.24) is 24.6 Å². The van der Waals surface area contributed by atoms with Crippen molar-refractivity contribution in [2.75, 3.05) is 46.0 Å². The third kappa shape index (κ3) is 4.29. The molecule has 2 aromatic heterocycles. The van der Waals surface area contributed by atoms with Gasteiger partial charge >= 0.3 is 0 Å². The minimum Gasteiger partial charge on any atom is -0.377 e. The molecular formula is C19H27N5O2. The summed E-state index contributed by atoms with van der Waals surface area (Å²) in [7, 11) is 1.96. The molecule has 7 nitrogen and oxygen atoms in total. The van der Waals surface area contributed by atoms with E-state index in [0.29, 0.717) is 6.61 Å². The van der Waals surface area contributed by atoms with Gasteiger partial charge in [0, 0.05) is 70.5 Å². The van der Waals surface area contributed by atoms with Crippen molar-refractivity contribution in [3.8, 4) is 0 Å². The predicted octanol–water partition coefficient (Wildman–Crippen LogP) is 0.918. The lowest BCUT2D eigenvalue weighted by Gasteiger charge is -2.43. The van der Waals surface area contributed by atoms with Crippen LogP contribution in [0.25, 0.3) is 0 Å². The van der Waals surface area contributed by atoms with Crippen LogP contribution in [-0.2, 0) is 29.6 Å². The summed E-state index contributed by atoms with van der Waals surface area (Å²) in [6.07, 6.45) is 7.74. The molecule has 2 aliphatic rings. The van der Waals surface area contributed by atoms with E-state index in [0.717, 1.165) is 52.5 Å². The lowest BCUT2D eigenvalue weighted by atomic mass is 10.0. The summed E-state index contributed by atoms with van der Waals surface area (Å²) >= 11 is 0. The number of pyridine rings is 1. The van der Waals surface area contributed by atoms with Gasteiger partial charge in [0.05, 0.1) is 26.0 Å². The molecule has 0 bridgehead atoms. The van der Waals surface area contributed by atoms with Crippen LogP contribution in [-0.4, -0.2) is 76.2 Å². The Morgan fingerprint density at radius 3 is 2.50 bits per heavy atom. The molecule has 0 radical (unpaired) electrons. The monoisotopic (exact) mass is 357 g/mol. The van der Waals surface area contributed by atoms with Crippen LogP contribution in [0, 0.1) is 0 Å². The number of morpholine rings is 1. The van der Waals surface area contributed by atoms with Crippen LogP contribution in [0.1, 0.15) is 11.1 Å². The number of aromatic nitrogens is 3. The number of hydrogen-bond donors (Lipinski definition) is 0. The molecule has 0 saturated carbocycles. The first-order valence-corrected chi connectivity index (χ1v) is 9.24. The second-order valence-corrected chi connectivity index (χ2v) is 7.38. The smallest absolute Gasteiger partial charge is 0.117 e. The first-order valence-electron chi connectivity index (χ1n) is 9.24. The molecule has 0 aromatic carbocycles. The van der Waals surface area contributed by atoms with Gasteiger partial charge < -0.3 is 9.47 Å². The van der Waals surface area contributed by atoms with Gasteiger partial charge in [-0.05, 0) is 17.7 Å². The maximum Gasteiger partial charge on any atom is 0.117 e. The highest BCUT2D eigenvalue weighted by atomic mass is 16.5. The molecule has 7 heteroatoms. The van der Waals surface area contributed by atoms with Gasteiger partial charge in [0.1, 0.15) is 5.60 Å². The zero-order chi connectivity index (χ0) is 17.8. The summed E-state index contributed by atoms with van der Waals surface area (Å²) in [4.78, 5) is 9.01. The Morgan fingerprint density at radius 1 is 1.04 bits per heavy atom. The number of ether oxygens (including phenoxy) is 2. The van der Waals surface area contributed by atoms with E-state index in [9.17, 15) is 0 Å². The normalized spacial score (nSPS) is 25.4. The SMILES string of the molecule is Cn1cc(CN2CCOC3(COCCN(Cc4ccncc4)C3)C2)cn1. The van der Waals surface area contributed by atoms with Gasteiger partial charge in [-0.1, -0.05) is 0 Å². The van der Waals surface area contributed by atoms with Crippen molar-refractivity contribution in [3.05, 3.63) is 48.0 Å². The first-order chi connectivity index (χ1) is 12.7. The Labute approximate surface area is 154 Å². The summed E-state index contributed by atoms with van der Waals surface area (Å²) in [5.41, 5.74) is 2.26. The van der Waals surface area contributed by atoms with Crippen molar-refractivity contribution in [2.45, 2.75) is 18.7 Å². The Kier molecular flexibility index (Phi) is 5.31. The Hall–Kier alpha value is -1.80. The molecule has 1 spiro atoms. The molecule has 2 aromatic rings. The van der Waals surface area contributed by atoms with E-state index in [1.165, 1.54) is 11.1 Å². The second kappa shape index (κ2) is 7.84. The molecule has 1 atom stereocenters. The third-order valence-electron chi connectivity index (χ3n) is 5.08. The molecule has 2 aliphatic heterocycles. The summed E-state index contributed by atoms with van der Waals surface area (Å²) in [6.45, 7) is 7.60. The van der Waals surface area contributed by atoms with E-state index in [1.54, 1.807) is 0 Å². The van der Waals surface area contributed by atoms with Crippen LogP contribution in [0.2, 0.25) is 0 Å². The average Bonchev–Trinajstić information content (AvgIpc) is 2.94. The fourth-order valence-corrected chi connectivity index (χ4v) is 3.92. The van der Waals surface area contributed by atoms with Crippen LogP contribution in [0.4, 0.5) is 0 Å². The highest BCUT2D eigenvalue weighted by Gasteiger charge is 2.40. The van der Waals surface area contributed by atoms with Gasteiger partial charge in [-0.25, -0.2) is 0 Å². The largest absolute Gasteiger partial charge is 0.377 e. The minimum absolute atomic E-state index is 0.260. The Bertz CT molecular complexity index is 707. The van der Waals surface area contributed by atoms with Gasteiger partial charge in [-0.15, -0.1) is 0 Å². The molecular weight excluding hydrogens is 330 g/mol. The lowest BCUT2D eigenvalue weighted by molar-refractivity contribution is -0.143. The van der Waals surface area contributed by atoms with Crippen molar-refractivity contribution in [3.63, 3.8) is 0 Å². The number of rotatable bonds is 4. The molecule has 0 amide bonds. The van der Waals surface area contributed by atoms with Gasteiger partial charge in [0.25, 0.3) is 0 Å². The number of nitrogens with zero attached hydrogens (tertiary/aromatic N) is 5. The fraction of sp³-hybridized carbons (Fsp3) is 0.579. The van der Waals surface area contributed by atoms with Gasteiger partial charge in [-0.3, -0.25) is 19.5 Å². The molecule has 1 unspecified atom stereocenters. The molecule has 26 heavy (non-hydrogen) atoms. The quantitative estimate of drug-likeness (QED) is 0.811. The molecule has 2 saturated heterocycles. The second-order valence-electron chi connectivity index (χ2n) is 7.38. The summed E-state index contributed by atoms with van der Waals surface area (Å²) in [5.74, 6) is 0. The lowest BCUT2D eigenvalue weighted by Crippen LogP contribution is -2.58. The van der Waals surface area contributed by atoms with Gasteiger partial charge in [0.2, 0.25) is 0 Å². The van der Waals surface area contributed by atoms with E-state index in [-0.39, 0.29) is 5.60 Å². The van der Waals surface area contributed by atoms with Crippen LogP contribution in [0.15, 0.2) is 36.9 Å². The highest BCUT2D eigenvalue weighted by Crippen LogP contribution is 2.24. The van der Waals surface area contributed by atoms with Crippen molar-refractivity contribution < 1.29 is 9.47 Å². The Balaban J connectivity index is 1.43. The van der Waals surface area contributed by atoms with E-state index in [2.05, 4.69) is 38.2 Å². The van der Waals surface area contributed by atoms with E-state index >= 15 is 0 Å². The Morgan fingerprint density at radius 2 is 1.77 bits per heavy atom. The maximum atomic E-state index is 6.29. The van der Waals surface area contributed by atoms with Crippen molar-refractivity contribution in [2.24, 2.45) is 7.05 Å². The highest BCUT2D eigenvalue weighted by molar-refractivity contribution is 5.10. The molecule has 4 heterocycles. The van der Waals surface area contributed by atoms with Crippen molar-refractivity contribution in [1.29, 1.82) is 0 Å². The van der Waals surface area contributed by atoms with E-state index < -0.39 is 0 Å². The maximum absolute atomic E-state index is 6.29. The van der Waals surface area contributed by atoms with Crippen LogP contribution in [0.3, 0.4) is 0 Å². The number of hydrogen-bond acceptors (Lipinski definition) is 6. The third-order valence-corrected chi connectivity index (χ3v) is 5.08. The zero-order valence-electron chi connectivity index (χ0n) is 15.4. The molecule has 4 rings (SSSR count). The van der Waals surface area contributed by atoms with Crippen LogP contribution < -0.4 is 0 Å². The minimum atomic E-state index is -0.260. The van der Waals surface area contributed by atoms with E-state index in [4.69, 9.17) is 9.47 Å². The van der Waals surface area contributed by atoms with Gasteiger partial charge in [0.15, 0.2) is 0 Å². The average molecular weight is 357 g/mol. The summed E-state index contributed by atoms with van der Waals surface area (Å²) in [6, 6.07) is 4.16. The van der Waals surface area contributed by atoms with Gasteiger partial charge in [-0.2, -0.15) is 5.10 Å². The molecule has 0 aliphatic carbocycles. The van der Waals surface area contributed by atoms with Crippen LogP contribution >= 0.6 is 0 Å². The molecule has 0 N–H and O–H groups in total. The summed E-state index contributed by atoms with van der Waals surface area (Å²) in [5, 5.41) is 4.28. The summed E-state index contributed by atoms with van der Waals surface area (Å²) < 4.78 is 14.1. The number of aryl methyl sites for hydroxylation is 1. The molecule has 140 valence electrons. The van der Waals surface area contributed by atoms with Crippen LogP contribution in [0.5, 0.6) is 0 Å². The van der Waals surface area contributed by atoms with Crippen molar-refractivity contribution >= 4 is 0 Å². The molecule has 2 fully saturated rings.